The van der Waals surface area contributed by atoms with E-state index in [0.29, 0.717) is 24.2 Å². The van der Waals surface area contributed by atoms with Gasteiger partial charge in [0.25, 0.3) is 0 Å². The summed E-state index contributed by atoms with van der Waals surface area (Å²) in [5, 5.41) is 7.20. The number of methoxy groups -OCH3 is 1. The van der Waals surface area contributed by atoms with Gasteiger partial charge in [-0.2, -0.15) is 5.10 Å². The summed E-state index contributed by atoms with van der Waals surface area (Å²) in [6.45, 7) is 0.331. The van der Waals surface area contributed by atoms with Crippen LogP contribution in [0.4, 0.5) is 0 Å². The van der Waals surface area contributed by atoms with E-state index in [2.05, 4.69) is 15.2 Å². The van der Waals surface area contributed by atoms with Crippen LogP contribution in [0.1, 0.15) is 49.8 Å². The van der Waals surface area contributed by atoms with Gasteiger partial charge < -0.3 is 15.2 Å². The maximum absolute atomic E-state index is 6.33. The van der Waals surface area contributed by atoms with Gasteiger partial charge in [-0.1, -0.05) is 25.3 Å². The topological polar surface area (TPSA) is 86.1 Å². The Balaban J connectivity index is 1.58. The van der Waals surface area contributed by atoms with E-state index in [1.807, 2.05) is 24.3 Å². The van der Waals surface area contributed by atoms with Crippen LogP contribution in [0, 0.1) is 5.92 Å². The van der Waals surface area contributed by atoms with E-state index < -0.39 is 0 Å². The molecule has 1 aliphatic carbocycles. The van der Waals surface area contributed by atoms with Gasteiger partial charge in [-0.05, 0) is 30.9 Å². The van der Waals surface area contributed by atoms with Gasteiger partial charge in [-0.25, -0.2) is 4.98 Å². The number of rotatable bonds is 6. The molecule has 2 aromatic rings. The van der Waals surface area contributed by atoms with Crippen molar-refractivity contribution >= 4 is 0 Å². The predicted octanol–water partition coefficient (Wildman–Crippen LogP) is 2.97. The zero-order chi connectivity index (χ0) is 16.1. The van der Waals surface area contributed by atoms with E-state index >= 15 is 0 Å². The highest BCUT2D eigenvalue weighted by Gasteiger charge is 2.24. The first-order valence-corrected chi connectivity index (χ1v) is 8.20. The normalized spacial score (nSPS) is 17.0. The first kappa shape index (κ1) is 15.8. The fourth-order valence-electron chi connectivity index (χ4n) is 3.07. The minimum Gasteiger partial charge on any atom is -0.497 e. The van der Waals surface area contributed by atoms with Crippen molar-refractivity contribution in [3.63, 3.8) is 0 Å². The van der Waals surface area contributed by atoms with E-state index in [0.717, 1.165) is 11.5 Å². The van der Waals surface area contributed by atoms with Gasteiger partial charge in [0.1, 0.15) is 18.1 Å². The number of hydrogen-bond donors (Lipinski definition) is 2. The van der Waals surface area contributed by atoms with Crippen molar-refractivity contribution in [3.05, 3.63) is 35.9 Å². The molecule has 1 fully saturated rings. The Hall–Kier alpha value is -2.08. The number of benzene rings is 1. The summed E-state index contributed by atoms with van der Waals surface area (Å²) < 4.78 is 10.9. The lowest BCUT2D eigenvalue weighted by atomic mass is 9.84. The Labute approximate surface area is 136 Å². The van der Waals surface area contributed by atoms with Gasteiger partial charge in [-0.3, -0.25) is 5.10 Å². The lowest BCUT2D eigenvalue weighted by Gasteiger charge is -2.25. The Morgan fingerprint density at radius 2 is 2.04 bits per heavy atom. The molecule has 0 spiro atoms. The Bertz CT molecular complexity index is 623. The van der Waals surface area contributed by atoms with Crippen molar-refractivity contribution < 1.29 is 9.47 Å². The zero-order valence-corrected chi connectivity index (χ0v) is 13.5. The standard InChI is InChI=1S/C17H24N4O2/c1-22-13-8-5-9-14(10-13)23-11-15-19-17(21-20-15)16(18)12-6-3-2-4-7-12/h5,8-10,12,16H,2-4,6-7,11,18H2,1H3,(H,19,20,21). The van der Waals surface area contributed by atoms with Crippen LogP contribution in [0.25, 0.3) is 0 Å². The van der Waals surface area contributed by atoms with E-state index in [1.54, 1.807) is 7.11 Å². The number of aromatic nitrogens is 3. The molecule has 1 heterocycles. The minimum absolute atomic E-state index is 0.0860. The lowest BCUT2D eigenvalue weighted by molar-refractivity contribution is 0.291. The van der Waals surface area contributed by atoms with Crippen molar-refractivity contribution in [2.45, 2.75) is 44.8 Å². The molecule has 0 bridgehead atoms. The van der Waals surface area contributed by atoms with Gasteiger partial charge in [0.2, 0.25) is 0 Å². The zero-order valence-electron chi connectivity index (χ0n) is 13.5. The Kier molecular flexibility index (Phi) is 5.12. The number of aromatic amines is 1. The van der Waals surface area contributed by atoms with Crippen LogP contribution in [-0.2, 0) is 6.61 Å². The van der Waals surface area contributed by atoms with E-state index in [4.69, 9.17) is 15.2 Å². The predicted molar refractivity (Wildman–Crippen MR) is 87.2 cm³/mol. The van der Waals surface area contributed by atoms with Crippen LogP contribution in [0.15, 0.2) is 24.3 Å². The molecule has 0 aliphatic heterocycles. The van der Waals surface area contributed by atoms with Gasteiger partial charge >= 0.3 is 0 Å². The number of ether oxygens (including phenoxy) is 2. The summed E-state index contributed by atoms with van der Waals surface area (Å²) in [6, 6.07) is 7.40. The van der Waals surface area contributed by atoms with E-state index in [1.165, 1.54) is 32.1 Å². The molecule has 1 aliphatic rings. The number of nitrogens with one attached hydrogen (secondary N) is 1. The Morgan fingerprint density at radius 3 is 2.83 bits per heavy atom. The van der Waals surface area contributed by atoms with Crippen molar-refractivity contribution in [2.75, 3.05) is 7.11 Å². The van der Waals surface area contributed by atoms with Crippen molar-refractivity contribution in [1.82, 2.24) is 15.2 Å². The van der Waals surface area contributed by atoms with Crippen molar-refractivity contribution in [2.24, 2.45) is 11.7 Å². The molecule has 3 rings (SSSR count). The van der Waals surface area contributed by atoms with Gasteiger partial charge in [0.05, 0.1) is 13.2 Å². The smallest absolute Gasteiger partial charge is 0.167 e. The molecular formula is C17H24N4O2. The van der Waals surface area contributed by atoms with Crippen LogP contribution in [0.3, 0.4) is 0 Å². The van der Waals surface area contributed by atoms with E-state index in [-0.39, 0.29) is 6.04 Å². The van der Waals surface area contributed by atoms with Crippen LogP contribution < -0.4 is 15.2 Å². The molecule has 1 atom stereocenters. The molecule has 1 saturated carbocycles. The highest BCUT2D eigenvalue weighted by molar-refractivity contribution is 5.32. The second-order valence-electron chi connectivity index (χ2n) is 6.03. The molecule has 3 N–H and O–H groups in total. The molecule has 124 valence electrons. The van der Waals surface area contributed by atoms with Crippen LogP contribution >= 0.6 is 0 Å². The van der Waals surface area contributed by atoms with Crippen LogP contribution in [-0.4, -0.2) is 22.3 Å². The van der Waals surface area contributed by atoms with Crippen molar-refractivity contribution in [3.8, 4) is 11.5 Å². The quantitative estimate of drug-likeness (QED) is 0.855. The summed E-state index contributed by atoms with van der Waals surface area (Å²) in [6.07, 6.45) is 6.18. The average molecular weight is 316 g/mol. The van der Waals surface area contributed by atoms with Crippen LogP contribution in [0.2, 0.25) is 0 Å². The second kappa shape index (κ2) is 7.46. The molecule has 0 saturated heterocycles. The van der Waals surface area contributed by atoms with Gasteiger partial charge in [0.15, 0.2) is 11.6 Å². The third-order valence-electron chi connectivity index (χ3n) is 4.42. The number of nitrogens with zero attached hydrogens (tertiary/aromatic N) is 2. The SMILES string of the molecule is COc1cccc(OCc2nc(C(N)C3CCCCC3)n[nH]2)c1. The summed E-state index contributed by atoms with van der Waals surface area (Å²) in [7, 11) is 1.63. The lowest BCUT2D eigenvalue weighted by Crippen LogP contribution is -2.24. The third kappa shape index (κ3) is 4.01. The summed E-state index contributed by atoms with van der Waals surface area (Å²) in [5.41, 5.74) is 6.33. The van der Waals surface area contributed by atoms with Crippen LogP contribution in [0.5, 0.6) is 11.5 Å². The summed E-state index contributed by atoms with van der Waals surface area (Å²) >= 11 is 0. The van der Waals surface area contributed by atoms with Gasteiger partial charge in [-0.15, -0.1) is 0 Å². The molecule has 6 heteroatoms. The highest BCUT2D eigenvalue weighted by atomic mass is 16.5. The minimum atomic E-state index is -0.0860. The first-order chi connectivity index (χ1) is 11.3. The summed E-state index contributed by atoms with van der Waals surface area (Å²) in [4.78, 5) is 4.50. The molecule has 1 aromatic heterocycles. The molecule has 0 radical (unpaired) electrons. The Morgan fingerprint density at radius 1 is 1.26 bits per heavy atom. The summed E-state index contributed by atoms with van der Waals surface area (Å²) in [5.74, 6) is 3.38. The largest absolute Gasteiger partial charge is 0.497 e. The first-order valence-electron chi connectivity index (χ1n) is 8.20. The third-order valence-corrected chi connectivity index (χ3v) is 4.42. The molecule has 1 unspecified atom stereocenters. The molecular weight excluding hydrogens is 292 g/mol. The highest BCUT2D eigenvalue weighted by Crippen LogP contribution is 2.31. The molecule has 1 aromatic carbocycles. The number of hydrogen-bond acceptors (Lipinski definition) is 5. The second-order valence-corrected chi connectivity index (χ2v) is 6.03. The monoisotopic (exact) mass is 316 g/mol. The molecule has 0 amide bonds. The number of H-pyrrole nitrogens is 1. The van der Waals surface area contributed by atoms with E-state index in [9.17, 15) is 0 Å². The molecule has 6 nitrogen and oxygen atoms in total. The average Bonchev–Trinajstić information content (AvgIpc) is 3.09. The number of nitrogens with two attached hydrogens (primary N) is 1. The molecule has 23 heavy (non-hydrogen) atoms. The fourth-order valence-corrected chi connectivity index (χ4v) is 3.07. The van der Waals surface area contributed by atoms with Gasteiger partial charge in [0, 0.05) is 6.07 Å². The fraction of sp³-hybridized carbons (Fsp3) is 0.529. The maximum atomic E-state index is 6.33. The maximum Gasteiger partial charge on any atom is 0.167 e. The van der Waals surface area contributed by atoms with Crippen molar-refractivity contribution in [1.29, 1.82) is 0 Å².